The SMILES string of the molecule is CCCC[N+](CCCC)(CCCC)CCCC.NCC(=O)O. The molecule has 0 saturated carbocycles. The summed E-state index contributed by atoms with van der Waals surface area (Å²) in [7, 11) is 0. The van der Waals surface area contributed by atoms with Crippen LogP contribution >= 0.6 is 0 Å². The number of nitrogens with two attached hydrogens (primary N) is 1. The summed E-state index contributed by atoms with van der Waals surface area (Å²) >= 11 is 0. The molecule has 0 aliphatic rings. The van der Waals surface area contributed by atoms with Gasteiger partial charge >= 0.3 is 5.97 Å². The van der Waals surface area contributed by atoms with Gasteiger partial charge in [-0.25, -0.2) is 0 Å². The van der Waals surface area contributed by atoms with Gasteiger partial charge in [-0.2, -0.15) is 0 Å². The minimum atomic E-state index is -0.968. The molecule has 0 aromatic carbocycles. The summed E-state index contributed by atoms with van der Waals surface area (Å²) in [6, 6.07) is 0. The molecule has 3 N–H and O–H groups in total. The third-order valence-corrected chi connectivity index (χ3v) is 4.12. The Bertz CT molecular complexity index is 208. The Kier molecular flexibility index (Phi) is 18.0. The predicted molar refractivity (Wildman–Crippen MR) is 96.1 cm³/mol. The third-order valence-electron chi connectivity index (χ3n) is 4.12. The van der Waals surface area contributed by atoms with Crippen molar-refractivity contribution < 1.29 is 14.4 Å². The van der Waals surface area contributed by atoms with Crippen molar-refractivity contribution in [2.75, 3.05) is 32.7 Å². The van der Waals surface area contributed by atoms with Crippen LogP contribution in [-0.2, 0) is 4.79 Å². The molecule has 22 heavy (non-hydrogen) atoms. The molecule has 0 aliphatic carbocycles. The number of carboxylic acid groups (broad SMARTS) is 1. The highest BCUT2D eigenvalue weighted by Crippen LogP contribution is 2.16. The van der Waals surface area contributed by atoms with E-state index in [9.17, 15) is 4.79 Å². The zero-order chi connectivity index (χ0) is 17.3. The zero-order valence-electron chi connectivity index (χ0n) is 15.6. The molecule has 0 radical (unpaired) electrons. The minimum absolute atomic E-state index is 0.278. The van der Waals surface area contributed by atoms with Crippen molar-refractivity contribution in [3.63, 3.8) is 0 Å². The van der Waals surface area contributed by atoms with E-state index in [2.05, 4.69) is 33.4 Å². The van der Waals surface area contributed by atoms with Crippen molar-refractivity contribution in [2.24, 2.45) is 5.73 Å². The number of aliphatic carboxylic acids is 1. The maximum absolute atomic E-state index is 9.24. The van der Waals surface area contributed by atoms with E-state index in [-0.39, 0.29) is 6.54 Å². The van der Waals surface area contributed by atoms with Crippen LogP contribution in [0.2, 0.25) is 0 Å². The van der Waals surface area contributed by atoms with Gasteiger partial charge in [-0.05, 0) is 25.7 Å². The highest BCUT2D eigenvalue weighted by molar-refractivity contribution is 5.68. The first-order valence-corrected chi connectivity index (χ1v) is 9.28. The van der Waals surface area contributed by atoms with Crippen LogP contribution in [0.5, 0.6) is 0 Å². The maximum atomic E-state index is 9.24. The lowest BCUT2D eigenvalue weighted by atomic mass is 10.1. The number of hydrogen-bond donors (Lipinski definition) is 2. The molecule has 0 saturated heterocycles. The average Bonchev–Trinajstić information content (AvgIpc) is 2.54. The van der Waals surface area contributed by atoms with Gasteiger partial charge in [0.05, 0.1) is 32.7 Å². The number of hydrogen-bond acceptors (Lipinski definition) is 2. The van der Waals surface area contributed by atoms with Gasteiger partial charge in [0.1, 0.15) is 0 Å². The molecular weight excluding hydrogens is 276 g/mol. The molecule has 0 heterocycles. The van der Waals surface area contributed by atoms with Crippen LogP contribution in [-0.4, -0.2) is 48.3 Å². The van der Waals surface area contributed by atoms with E-state index in [0.29, 0.717) is 0 Å². The molecule has 0 aromatic heterocycles. The summed E-state index contributed by atoms with van der Waals surface area (Å²) in [4.78, 5) is 9.24. The lowest BCUT2D eigenvalue weighted by molar-refractivity contribution is -0.929. The fourth-order valence-corrected chi connectivity index (χ4v) is 2.64. The fourth-order valence-electron chi connectivity index (χ4n) is 2.64. The monoisotopic (exact) mass is 317 g/mol. The summed E-state index contributed by atoms with van der Waals surface area (Å²) in [5.41, 5.74) is 4.57. The van der Waals surface area contributed by atoms with Crippen molar-refractivity contribution >= 4 is 5.97 Å². The molecule has 0 fully saturated rings. The topological polar surface area (TPSA) is 63.3 Å². The Labute approximate surface area is 138 Å². The van der Waals surface area contributed by atoms with E-state index < -0.39 is 5.97 Å². The number of unbranched alkanes of at least 4 members (excludes halogenated alkanes) is 4. The van der Waals surface area contributed by atoms with Crippen molar-refractivity contribution in [2.45, 2.75) is 79.1 Å². The maximum Gasteiger partial charge on any atom is 0.317 e. The number of carboxylic acids is 1. The summed E-state index contributed by atoms with van der Waals surface area (Å²) in [6.07, 6.45) is 11.1. The number of carbonyl (C=O) groups is 1. The fraction of sp³-hybridized carbons (Fsp3) is 0.944. The standard InChI is InChI=1S/C16H36N.C2H5NO2/c1-5-9-13-17(14-10-6-2,15-11-7-3)16-12-8-4;3-1-2(4)5/h5-16H2,1-4H3;1,3H2,(H,4,5)/q+1;. The van der Waals surface area contributed by atoms with Gasteiger partial charge in [0, 0.05) is 0 Å². The first-order chi connectivity index (χ1) is 10.5. The van der Waals surface area contributed by atoms with Gasteiger partial charge in [0.2, 0.25) is 0 Å². The number of quaternary nitrogens is 1. The molecule has 4 heteroatoms. The van der Waals surface area contributed by atoms with Crippen molar-refractivity contribution in [1.82, 2.24) is 0 Å². The average molecular weight is 318 g/mol. The van der Waals surface area contributed by atoms with E-state index in [1.807, 2.05) is 0 Å². The van der Waals surface area contributed by atoms with Gasteiger partial charge in [0.15, 0.2) is 0 Å². The molecule has 0 amide bonds. The Morgan fingerprint density at radius 3 is 1.14 bits per heavy atom. The second-order valence-corrected chi connectivity index (χ2v) is 6.25. The van der Waals surface area contributed by atoms with E-state index in [1.54, 1.807) is 0 Å². The molecule has 4 nitrogen and oxygen atoms in total. The van der Waals surface area contributed by atoms with Gasteiger partial charge in [0.25, 0.3) is 0 Å². The van der Waals surface area contributed by atoms with E-state index in [0.717, 1.165) is 0 Å². The first kappa shape index (κ1) is 23.7. The first-order valence-electron chi connectivity index (χ1n) is 9.28. The second kappa shape index (κ2) is 16.8. The molecular formula is C18H41N2O2+. The quantitative estimate of drug-likeness (QED) is 0.504. The van der Waals surface area contributed by atoms with Crippen LogP contribution in [0.1, 0.15) is 79.1 Å². The van der Waals surface area contributed by atoms with E-state index >= 15 is 0 Å². The predicted octanol–water partition coefficient (Wildman–Crippen LogP) is 4.03. The Morgan fingerprint density at radius 1 is 0.773 bits per heavy atom. The lowest BCUT2D eigenvalue weighted by Crippen LogP contribution is -2.50. The summed E-state index contributed by atoms with van der Waals surface area (Å²) in [5.74, 6) is -0.968. The highest BCUT2D eigenvalue weighted by Gasteiger charge is 2.24. The zero-order valence-corrected chi connectivity index (χ0v) is 15.6. The van der Waals surface area contributed by atoms with Crippen LogP contribution in [0.4, 0.5) is 0 Å². The molecule has 0 aromatic rings. The largest absolute Gasteiger partial charge is 0.480 e. The highest BCUT2D eigenvalue weighted by atomic mass is 16.4. The summed E-state index contributed by atoms with van der Waals surface area (Å²) < 4.78 is 1.42. The van der Waals surface area contributed by atoms with Crippen molar-refractivity contribution in [3.8, 4) is 0 Å². The molecule has 0 aliphatic heterocycles. The second-order valence-electron chi connectivity index (χ2n) is 6.25. The van der Waals surface area contributed by atoms with Gasteiger partial charge < -0.3 is 15.3 Å². The molecule has 0 atom stereocenters. The summed E-state index contributed by atoms with van der Waals surface area (Å²) in [6.45, 7) is 14.7. The van der Waals surface area contributed by atoms with Crippen molar-refractivity contribution in [3.05, 3.63) is 0 Å². The van der Waals surface area contributed by atoms with E-state index in [1.165, 1.54) is 82.0 Å². The molecule has 0 rings (SSSR count). The Morgan fingerprint density at radius 2 is 1.00 bits per heavy atom. The van der Waals surface area contributed by atoms with E-state index in [4.69, 9.17) is 5.11 Å². The third kappa shape index (κ3) is 14.3. The number of rotatable bonds is 13. The minimum Gasteiger partial charge on any atom is -0.480 e. The van der Waals surface area contributed by atoms with Crippen LogP contribution in [0.15, 0.2) is 0 Å². The molecule has 0 bridgehead atoms. The van der Waals surface area contributed by atoms with Gasteiger partial charge in [-0.15, -0.1) is 0 Å². The number of nitrogens with zero attached hydrogens (tertiary/aromatic N) is 1. The van der Waals surface area contributed by atoms with Crippen LogP contribution in [0.3, 0.4) is 0 Å². The Balaban J connectivity index is 0. The van der Waals surface area contributed by atoms with Crippen LogP contribution < -0.4 is 5.73 Å². The summed E-state index contributed by atoms with van der Waals surface area (Å²) in [5, 5.41) is 7.60. The van der Waals surface area contributed by atoms with Crippen LogP contribution in [0.25, 0.3) is 0 Å². The molecule has 134 valence electrons. The molecule has 0 unspecified atom stereocenters. The van der Waals surface area contributed by atoms with Crippen LogP contribution in [0, 0.1) is 0 Å². The normalized spacial score (nSPS) is 11.0. The van der Waals surface area contributed by atoms with Gasteiger partial charge in [-0.1, -0.05) is 53.4 Å². The van der Waals surface area contributed by atoms with Crippen molar-refractivity contribution in [1.29, 1.82) is 0 Å². The smallest absolute Gasteiger partial charge is 0.317 e. The Hall–Kier alpha value is -0.610. The lowest BCUT2D eigenvalue weighted by Gasteiger charge is -2.39. The van der Waals surface area contributed by atoms with Gasteiger partial charge in [-0.3, -0.25) is 4.79 Å². The molecule has 0 spiro atoms.